The van der Waals surface area contributed by atoms with E-state index in [1.54, 1.807) is 19.1 Å². The highest BCUT2D eigenvalue weighted by molar-refractivity contribution is 5.97. The number of carbonyl (C=O) groups is 2. The highest BCUT2D eigenvalue weighted by atomic mass is 16.5. The van der Waals surface area contributed by atoms with Crippen molar-refractivity contribution >= 4 is 11.9 Å². The van der Waals surface area contributed by atoms with Gasteiger partial charge in [-0.15, -0.1) is 0 Å². The van der Waals surface area contributed by atoms with Gasteiger partial charge in [-0.05, 0) is 49.9 Å². The molecule has 1 aliphatic heterocycles. The minimum absolute atomic E-state index is 0.0662. The van der Waals surface area contributed by atoms with Crippen LogP contribution in [0.25, 0.3) is 0 Å². The van der Waals surface area contributed by atoms with E-state index >= 15 is 0 Å². The van der Waals surface area contributed by atoms with E-state index in [-0.39, 0.29) is 17.6 Å². The summed E-state index contributed by atoms with van der Waals surface area (Å²) in [5, 5.41) is 11.8. The van der Waals surface area contributed by atoms with Crippen LogP contribution in [0.1, 0.15) is 45.5 Å². The lowest BCUT2D eigenvalue weighted by atomic mass is 10.1. The molecule has 2 rings (SSSR count). The van der Waals surface area contributed by atoms with Gasteiger partial charge in [0.15, 0.2) is 0 Å². The van der Waals surface area contributed by atoms with Gasteiger partial charge in [0, 0.05) is 18.7 Å². The molecule has 1 unspecified atom stereocenters. The van der Waals surface area contributed by atoms with Crippen LogP contribution in [0, 0.1) is 6.92 Å². The smallest absolute Gasteiger partial charge is 0.335 e. The Morgan fingerprint density at radius 3 is 2.70 bits per heavy atom. The Kier molecular flexibility index (Phi) is 4.74. The van der Waals surface area contributed by atoms with Crippen molar-refractivity contribution in [3.05, 3.63) is 34.9 Å². The summed E-state index contributed by atoms with van der Waals surface area (Å²) in [5.41, 5.74) is 1.26. The number of hydrogen-bond donors (Lipinski definition) is 2. The zero-order valence-electron chi connectivity index (χ0n) is 11.5. The number of aromatic carboxylic acids is 1. The van der Waals surface area contributed by atoms with Crippen molar-refractivity contribution in [3.8, 4) is 0 Å². The average molecular weight is 277 g/mol. The van der Waals surface area contributed by atoms with E-state index in [0.717, 1.165) is 31.4 Å². The standard InChI is InChI=1S/C15H19NO4/c1-10-6-11(8-12(7-10)15(18)19)14(17)16-9-13-4-2-3-5-20-13/h6-8,13H,2-5,9H2,1H3,(H,16,17)(H,18,19). The molecule has 0 saturated carbocycles. The average Bonchev–Trinajstić information content (AvgIpc) is 2.45. The minimum Gasteiger partial charge on any atom is -0.478 e. The predicted octanol–water partition coefficient (Wildman–Crippen LogP) is 1.99. The van der Waals surface area contributed by atoms with Crippen molar-refractivity contribution in [2.45, 2.75) is 32.3 Å². The Balaban J connectivity index is 1.99. The Hall–Kier alpha value is -1.88. The number of aryl methyl sites for hydroxylation is 1. The van der Waals surface area contributed by atoms with Crippen LogP contribution in [0.5, 0.6) is 0 Å². The molecule has 1 saturated heterocycles. The molecule has 5 heteroatoms. The van der Waals surface area contributed by atoms with Crippen LogP contribution < -0.4 is 5.32 Å². The first kappa shape index (κ1) is 14.5. The summed E-state index contributed by atoms with van der Waals surface area (Å²) >= 11 is 0. The van der Waals surface area contributed by atoms with Gasteiger partial charge in [0.25, 0.3) is 5.91 Å². The number of carbonyl (C=O) groups excluding carboxylic acids is 1. The maximum Gasteiger partial charge on any atom is 0.335 e. The SMILES string of the molecule is Cc1cc(C(=O)O)cc(C(=O)NCC2CCCCO2)c1. The summed E-state index contributed by atoms with van der Waals surface area (Å²) < 4.78 is 5.54. The van der Waals surface area contributed by atoms with E-state index in [1.165, 1.54) is 6.07 Å². The van der Waals surface area contributed by atoms with Gasteiger partial charge in [0.05, 0.1) is 11.7 Å². The molecule has 0 aliphatic carbocycles. The number of benzene rings is 1. The lowest BCUT2D eigenvalue weighted by Crippen LogP contribution is -2.35. The van der Waals surface area contributed by atoms with Crippen molar-refractivity contribution in [1.29, 1.82) is 0 Å². The van der Waals surface area contributed by atoms with Gasteiger partial charge in [0.1, 0.15) is 0 Å². The van der Waals surface area contributed by atoms with E-state index in [0.29, 0.717) is 12.1 Å². The third-order valence-electron chi connectivity index (χ3n) is 3.35. The molecule has 0 bridgehead atoms. The van der Waals surface area contributed by atoms with Gasteiger partial charge in [-0.25, -0.2) is 4.79 Å². The van der Waals surface area contributed by atoms with Crippen LogP contribution in [0.3, 0.4) is 0 Å². The van der Waals surface area contributed by atoms with Crippen molar-refractivity contribution in [1.82, 2.24) is 5.32 Å². The second-order valence-electron chi connectivity index (χ2n) is 5.09. The summed E-state index contributed by atoms with van der Waals surface area (Å²) in [6, 6.07) is 4.62. The molecule has 1 heterocycles. The Bertz CT molecular complexity index is 507. The molecule has 0 aromatic heterocycles. The topological polar surface area (TPSA) is 75.6 Å². The molecule has 2 N–H and O–H groups in total. The first-order chi connectivity index (χ1) is 9.56. The second-order valence-corrected chi connectivity index (χ2v) is 5.09. The molecule has 1 aromatic rings. The van der Waals surface area contributed by atoms with Crippen LogP contribution in [0.4, 0.5) is 0 Å². The monoisotopic (exact) mass is 277 g/mol. The number of hydrogen-bond acceptors (Lipinski definition) is 3. The van der Waals surface area contributed by atoms with Crippen LogP contribution in [0.15, 0.2) is 18.2 Å². The number of carboxylic acids is 1. The first-order valence-corrected chi connectivity index (χ1v) is 6.81. The number of carboxylic acid groups (broad SMARTS) is 1. The maximum absolute atomic E-state index is 12.1. The van der Waals surface area contributed by atoms with Crippen LogP contribution in [-0.4, -0.2) is 36.2 Å². The van der Waals surface area contributed by atoms with E-state index in [4.69, 9.17) is 9.84 Å². The Morgan fingerprint density at radius 1 is 1.30 bits per heavy atom. The summed E-state index contributed by atoms with van der Waals surface area (Å²) in [7, 11) is 0. The molecular weight excluding hydrogens is 258 g/mol. The van der Waals surface area contributed by atoms with E-state index < -0.39 is 5.97 Å². The largest absolute Gasteiger partial charge is 0.478 e. The highest BCUT2D eigenvalue weighted by Gasteiger charge is 2.16. The lowest BCUT2D eigenvalue weighted by molar-refractivity contribution is 0.0169. The van der Waals surface area contributed by atoms with Gasteiger partial charge in [-0.1, -0.05) is 0 Å². The zero-order valence-corrected chi connectivity index (χ0v) is 11.5. The molecule has 5 nitrogen and oxygen atoms in total. The summed E-state index contributed by atoms with van der Waals surface area (Å²) in [4.78, 5) is 23.0. The van der Waals surface area contributed by atoms with Crippen LogP contribution in [-0.2, 0) is 4.74 Å². The fraction of sp³-hybridized carbons (Fsp3) is 0.467. The summed E-state index contributed by atoms with van der Waals surface area (Å²) in [5.74, 6) is -1.29. The van der Waals surface area contributed by atoms with Gasteiger partial charge in [-0.3, -0.25) is 4.79 Å². The Labute approximate surface area is 117 Å². The van der Waals surface area contributed by atoms with Crippen molar-refractivity contribution in [3.63, 3.8) is 0 Å². The molecular formula is C15H19NO4. The normalized spacial score (nSPS) is 18.6. The lowest BCUT2D eigenvalue weighted by Gasteiger charge is -2.22. The van der Waals surface area contributed by atoms with Crippen molar-refractivity contribution in [2.75, 3.05) is 13.2 Å². The third kappa shape index (κ3) is 3.81. The number of ether oxygens (including phenoxy) is 1. The van der Waals surface area contributed by atoms with E-state index in [2.05, 4.69) is 5.32 Å². The summed E-state index contributed by atoms with van der Waals surface area (Å²) in [6.45, 7) is 2.98. The van der Waals surface area contributed by atoms with Gasteiger partial charge >= 0.3 is 5.97 Å². The number of amides is 1. The maximum atomic E-state index is 12.1. The first-order valence-electron chi connectivity index (χ1n) is 6.81. The van der Waals surface area contributed by atoms with Crippen LogP contribution in [0.2, 0.25) is 0 Å². The molecule has 1 aromatic carbocycles. The summed E-state index contributed by atoms with van der Waals surface area (Å²) in [6.07, 6.45) is 3.21. The highest BCUT2D eigenvalue weighted by Crippen LogP contribution is 2.13. The number of rotatable bonds is 4. The van der Waals surface area contributed by atoms with Crippen LogP contribution >= 0.6 is 0 Å². The number of nitrogens with one attached hydrogen (secondary N) is 1. The molecule has 108 valence electrons. The minimum atomic E-state index is -1.03. The molecule has 1 aliphatic rings. The molecule has 0 spiro atoms. The fourth-order valence-corrected chi connectivity index (χ4v) is 2.31. The van der Waals surface area contributed by atoms with Gasteiger partial charge in [-0.2, -0.15) is 0 Å². The van der Waals surface area contributed by atoms with E-state index in [1.807, 2.05) is 0 Å². The van der Waals surface area contributed by atoms with Gasteiger partial charge in [0.2, 0.25) is 0 Å². The zero-order chi connectivity index (χ0) is 14.5. The second kappa shape index (κ2) is 6.52. The molecule has 1 atom stereocenters. The quantitative estimate of drug-likeness (QED) is 0.882. The molecule has 0 radical (unpaired) electrons. The predicted molar refractivity (Wildman–Crippen MR) is 74.1 cm³/mol. The van der Waals surface area contributed by atoms with Gasteiger partial charge < -0.3 is 15.2 Å². The molecule has 20 heavy (non-hydrogen) atoms. The Morgan fingerprint density at radius 2 is 2.05 bits per heavy atom. The van der Waals surface area contributed by atoms with E-state index in [9.17, 15) is 9.59 Å². The van der Waals surface area contributed by atoms with Crippen molar-refractivity contribution < 1.29 is 19.4 Å². The molecule has 1 amide bonds. The fourth-order valence-electron chi connectivity index (χ4n) is 2.31. The third-order valence-corrected chi connectivity index (χ3v) is 3.35. The van der Waals surface area contributed by atoms with Crippen molar-refractivity contribution in [2.24, 2.45) is 0 Å². The molecule has 1 fully saturated rings.